The SMILES string of the molecule is CN(C)CCNc1nncc(NC2CCS(=O)(=O)C2)n1. The van der Waals surface area contributed by atoms with Crippen LogP contribution in [0.3, 0.4) is 0 Å². The lowest BCUT2D eigenvalue weighted by Crippen LogP contribution is -2.23. The molecule has 1 saturated heterocycles. The molecule has 0 radical (unpaired) electrons. The highest BCUT2D eigenvalue weighted by molar-refractivity contribution is 7.91. The van der Waals surface area contributed by atoms with Crippen molar-refractivity contribution in [2.45, 2.75) is 12.5 Å². The minimum atomic E-state index is -2.90. The van der Waals surface area contributed by atoms with E-state index in [0.717, 1.165) is 13.1 Å². The van der Waals surface area contributed by atoms with Gasteiger partial charge in [0.15, 0.2) is 15.7 Å². The van der Waals surface area contributed by atoms with Crippen LogP contribution in [-0.4, -0.2) is 73.2 Å². The van der Waals surface area contributed by atoms with E-state index < -0.39 is 9.84 Å². The molecule has 2 rings (SSSR count). The van der Waals surface area contributed by atoms with E-state index >= 15 is 0 Å². The summed E-state index contributed by atoms with van der Waals surface area (Å²) < 4.78 is 22.8. The Morgan fingerprint density at radius 2 is 2.25 bits per heavy atom. The molecule has 0 aliphatic carbocycles. The Morgan fingerprint density at radius 3 is 2.90 bits per heavy atom. The lowest BCUT2D eigenvalue weighted by atomic mass is 10.3. The molecule has 0 amide bonds. The predicted molar refractivity (Wildman–Crippen MR) is 77.6 cm³/mol. The number of anilines is 2. The standard InChI is InChI=1S/C11H20N6O2S/c1-17(2)5-4-12-11-15-10(7-13-16-11)14-9-3-6-20(18,19)8-9/h7,9H,3-6,8H2,1-2H3,(H2,12,14,15,16). The summed E-state index contributed by atoms with van der Waals surface area (Å²) in [5.74, 6) is 1.38. The number of nitrogens with zero attached hydrogens (tertiary/aromatic N) is 4. The second kappa shape index (κ2) is 6.31. The fourth-order valence-corrected chi connectivity index (χ4v) is 3.63. The van der Waals surface area contributed by atoms with Crippen LogP contribution in [0.5, 0.6) is 0 Å². The van der Waals surface area contributed by atoms with E-state index in [4.69, 9.17) is 0 Å². The summed E-state index contributed by atoms with van der Waals surface area (Å²) in [4.78, 5) is 6.32. The van der Waals surface area contributed by atoms with E-state index in [-0.39, 0.29) is 17.5 Å². The molecule has 1 aromatic rings. The van der Waals surface area contributed by atoms with Crippen LogP contribution >= 0.6 is 0 Å². The fourth-order valence-electron chi connectivity index (χ4n) is 1.96. The Hall–Kier alpha value is -1.48. The van der Waals surface area contributed by atoms with Gasteiger partial charge in [-0.3, -0.25) is 0 Å². The summed E-state index contributed by atoms with van der Waals surface area (Å²) >= 11 is 0. The molecule has 1 aliphatic rings. The predicted octanol–water partition coefficient (Wildman–Crippen LogP) is -0.556. The van der Waals surface area contributed by atoms with E-state index in [1.54, 1.807) is 0 Å². The summed E-state index contributed by atoms with van der Waals surface area (Å²) in [7, 11) is 1.07. The quantitative estimate of drug-likeness (QED) is 0.721. The highest BCUT2D eigenvalue weighted by Gasteiger charge is 2.28. The number of likely N-dealkylation sites (N-methyl/N-ethyl adjacent to an activating group) is 1. The topological polar surface area (TPSA) is 100 Å². The van der Waals surface area contributed by atoms with E-state index in [0.29, 0.717) is 18.2 Å². The Labute approximate surface area is 118 Å². The van der Waals surface area contributed by atoms with Crippen molar-refractivity contribution in [2.24, 2.45) is 0 Å². The van der Waals surface area contributed by atoms with Crippen molar-refractivity contribution in [3.63, 3.8) is 0 Å². The van der Waals surface area contributed by atoms with Gasteiger partial charge < -0.3 is 15.5 Å². The van der Waals surface area contributed by atoms with Gasteiger partial charge in [0.1, 0.15) is 0 Å². The average molecular weight is 300 g/mol. The van der Waals surface area contributed by atoms with E-state index in [9.17, 15) is 8.42 Å². The largest absolute Gasteiger partial charge is 0.365 e. The molecule has 1 fully saturated rings. The number of nitrogens with one attached hydrogen (secondary N) is 2. The van der Waals surface area contributed by atoms with Crippen LogP contribution in [0.15, 0.2) is 6.20 Å². The normalized spacial score (nSPS) is 21.1. The Morgan fingerprint density at radius 1 is 1.45 bits per heavy atom. The number of hydrogen-bond donors (Lipinski definition) is 2. The lowest BCUT2D eigenvalue weighted by molar-refractivity contribution is 0.425. The van der Waals surface area contributed by atoms with Gasteiger partial charge in [-0.15, -0.1) is 5.10 Å². The van der Waals surface area contributed by atoms with Crippen molar-refractivity contribution in [1.29, 1.82) is 0 Å². The minimum absolute atomic E-state index is 0.0914. The van der Waals surface area contributed by atoms with Gasteiger partial charge in [0, 0.05) is 19.1 Å². The van der Waals surface area contributed by atoms with Crippen LogP contribution in [0.25, 0.3) is 0 Å². The van der Waals surface area contributed by atoms with Crippen molar-refractivity contribution in [1.82, 2.24) is 20.1 Å². The number of sulfone groups is 1. The first-order chi connectivity index (χ1) is 9.44. The van der Waals surface area contributed by atoms with Gasteiger partial charge in [-0.25, -0.2) is 8.42 Å². The number of aromatic nitrogens is 3. The maximum Gasteiger partial charge on any atom is 0.244 e. The maximum atomic E-state index is 11.4. The van der Waals surface area contributed by atoms with Crippen LogP contribution in [0.1, 0.15) is 6.42 Å². The van der Waals surface area contributed by atoms with Crippen molar-refractivity contribution >= 4 is 21.6 Å². The summed E-state index contributed by atoms with van der Waals surface area (Å²) in [5, 5.41) is 13.9. The zero-order valence-corrected chi connectivity index (χ0v) is 12.5. The third-order valence-electron chi connectivity index (χ3n) is 2.99. The molecule has 1 aromatic heterocycles. The first-order valence-electron chi connectivity index (χ1n) is 6.50. The Kier molecular flexibility index (Phi) is 4.71. The van der Waals surface area contributed by atoms with Gasteiger partial charge in [0.25, 0.3) is 0 Å². The van der Waals surface area contributed by atoms with Gasteiger partial charge in [-0.2, -0.15) is 10.1 Å². The van der Waals surface area contributed by atoms with E-state index in [1.807, 2.05) is 19.0 Å². The molecule has 1 unspecified atom stereocenters. The minimum Gasteiger partial charge on any atom is -0.365 e. The molecule has 0 saturated carbocycles. The molecule has 0 aromatic carbocycles. The highest BCUT2D eigenvalue weighted by Crippen LogP contribution is 2.15. The van der Waals surface area contributed by atoms with Crippen LogP contribution in [0.2, 0.25) is 0 Å². The molecule has 0 bridgehead atoms. The zero-order chi connectivity index (χ0) is 14.6. The highest BCUT2D eigenvalue weighted by atomic mass is 32.2. The average Bonchev–Trinajstić information content (AvgIpc) is 2.68. The number of rotatable bonds is 6. The van der Waals surface area contributed by atoms with E-state index in [2.05, 4.69) is 25.8 Å². The van der Waals surface area contributed by atoms with Crippen LogP contribution in [-0.2, 0) is 9.84 Å². The van der Waals surface area contributed by atoms with Crippen molar-refractivity contribution in [3.8, 4) is 0 Å². The molecule has 9 heteroatoms. The molecular formula is C11H20N6O2S. The van der Waals surface area contributed by atoms with Gasteiger partial charge in [0.05, 0.1) is 17.7 Å². The molecule has 0 spiro atoms. The zero-order valence-electron chi connectivity index (χ0n) is 11.7. The molecule has 1 atom stereocenters. The van der Waals surface area contributed by atoms with Crippen molar-refractivity contribution < 1.29 is 8.42 Å². The van der Waals surface area contributed by atoms with Gasteiger partial charge in [0.2, 0.25) is 5.95 Å². The second-order valence-electron chi connectivity index (χ2n) is 5.14. The molecule has 112 valence electrons. The Bertz CT molecular complexity index is 548. The summed E-state index contributed by atoms with van der Waals surface area (Å²) in [6.07, 6.45) is 2.11. The third-order valence-corrected chi connectivity index (χ3v) is 4.75. The molecule has 2 heterocycles. The molecule has 8 nitrogen and oxygen atoms in total. The molecule has 20 heavy (non-hydrogen) atoms. The van der Waals surface area contributed by atoms with Crippen molar-refractivity contribution in [2.75, 3.05) is 49.3 Å². The first kappa shape index (κ1) is 14.9. The monoisotopic (exact) mass is 300 g/mol. The van der Waals surface area contributed by atoms with Crippen LogP contribution < -0.4 is 10.6 Å². The van der Waals surface area contributed by atoms with Gasteiger partial charge >= 0.3 is 0 Å². The smallest absolute Gasteiger partial charge is 0.244 e. The maximum absolute atomic E-state index is 11.4. The van der Waals surface area contributed by atoms with Gasteiger partial charge in [-0.1, -0.05) is 0 Å². The Balaban J connectivity index is 1.89. The molecule has 1 aliphatic heterocycles. The van der Waals surface area contributed by atoms with Crippen LogP contribution in [0, 0.1) is 0 Å². The second-order valence-corrected chi connectivity index (χ2v) is 7.37. The van der Waals surface area contributed by atoms with Gasteiger partial charge in [-0.05, 0) is 20.5 Å². The van der Waals surface area contributed by atoms with Crippen LogP contribution in [0.4, 0.5) is 11.8 Å². The first-order valence-corrected chi connectivity index (χ1v) is 8.32. The van der Waals surface area contributed by atoms with E-state index in [1.165, 1.54) is 6.20 Å². The third kappa shape index (κ3) is 4.57. The summed E-state index contributed by atoms with van der Waals surface area (Å²) in [5.41, 5.74) is 0. The lowest BCUT2D eigenvalue weighted by Gasteiger charge is -2.12. The molecular weight excluding hydrogens is 280 g/mol. The summed E-state index contributed by atoms with van der Waals surface area (Å²) in [6.45, 7) is 1.58. The number of hydrogen-bond acceptors (Lipinski definition) is 8. The van der Waals surface area contributed by atoms with Crippen molar-refractivity contribution in [3.05, 3.63) is 6.20 Å². The molecule has 2 N–H and O–H groups in total. The summed E-state index contributed by atoms with van der Waals surface area (Å²) in [6, 6.07) is -0.0914. The fraction of sp³-hybridized carbons (Fsp3) is 0.727.